The number of pyridine rings is 1. The van der Waals surface area contributed by atoms with Gasteiger partial charge >= 0.3 is 36.2 Å². The van der Waals surface area contributed by atoms with E-state index in [1.165, 1.54) is 0 Å². The van der Waals surface area contributed by atoms with Crippen LogP contribution >= 0.6 is 0 Å². The molecule has 496 valence electrons. The molecule has 1 aliphatic carbocycles. The zero-order valence-electron chi connectivity index (χ0n) is 51.7. The van der Waals surface area contributed by atoms with E-state index in [0.717, 1.165) is 22.3 Å². The van der Waals surface area contributed by atoms with E-state index in [9.17, 15) is 50.3 Å². The van der Waals surface area contributed by atoms with Crippen molar-refractivity contribution in [2.45, 2.75) is 180 Å². The third-order valence-electron chi connectivity index (χ3n) is 14.5. The average Bonchev–Trinajstić information content (AvgIpc) is 3.01. The van der Waals surface area contributed by atoms with Gasteiger partial charge in [0.1, 0.15) is 18.2 Å². The predicted octanol–water partition coefficient (Wildman–Crippen LogP) is 6.56. The lowest BCUT2D eigenvalue weighted by Crippen LogP contribution is -2.62. The Morgan fingerprint density at radius 1 is 0.685 bits per heavy atom. The van der Waals surface area contributed by atoms with Gasteiger partial charge in [-0.1, -0.05) is 101 Å². The van der Waals surface area contributed by atoms with Crippen molar-refractivity contribution in [2.24, 2.45) is 29.2 Å². The van der Waals surface area contributed by atoms with E-state index in [2.05, 4.69) is 36.1 Å². The summed E-state index contributed by atoms with van der Waals surface area (Å²) in [6.07, 6.45) is -2.94. The summed E-state index contributed by atoms with van der Waals surface area (Å²) in [5.74, 6) is -7.73. The zero-order valence-corrected chi connectivity index (χ0v) is 51.7. The molecular weight excluding hydrogens is 1180 g/mol. The highest BCUT2D eigenvalue weighted by atomic mass is 19.4. The van der Waals surface area contributed by atoms with Gasteiger partial charge in [-0.25, -0.2) is 9.59 Å². The van der Waals surface area contributed by atoms with Gasteiger partial charge in [0.2, 0.25) is 23.6 Å². The van der Waals surface area contributed by atoms with Gasteiger partial charge in [-0.3, -0.25) is 43.6 Å². The van der Waals surface area contributed by atoms with Crippen molar-refractivity contribution in [1.82, 2.24) is 36.1 Å². The van der Waals surface area contributed by atoms with E-state index >= 15 is 4.79 Å². The van der Waals surface area contributed by atoms with Crippen molar-refractivity contribution in [3.63, 3.8) is 0 Å². The Bertz CT molecular complexity index is 2700. The molecule has 21 nitrogen and oxygen atoms in total. The van der Waals surface area contributed by atoms with Crippen LogP contribution < -0.4 is 32.7 Å². The van der Waals surface area contributed by atoms with Crippen LogP contribution in [0.1, 0.15) is 135 Å². The second-order valence-corrected chi connectivity index (χ2v) is 23.8. The number of carboxylic acids is 2. The molecule has 1 saturated heterocycles. The van der Waals surface area contributed by atoms with Gasteiger partial charge in [-0.2, -0.15) is 26.3 Å². The summed E-state index contributed by atoms with van der Waals surface area (Å²) in [6, 6.07) is 19.1. The standard InChI is InChI=1S/C58H87N9O8.2C2HF3O2/c1-39(2)51(59)56(72)62-28-17-9-13-25-49(68)74-45(37-67-31-30-66(36-42-22-19-27-61-35-42)38-47(67)55(71)65-58(5,6)7)33-44(32-41-20-11-8-12-21-41)54(70)64-53-46-24-16-15-23-43(46)34-48(53)75-50(69)26-14-10-18-29-63-57(73)52(60)40(3)4;2*3-2(4,5)1(6)7/h8,11-12,15-16,19-24,27,35,39-40,44-45,47-48,51-53H,9-10,13-14,17-18,25-26,28-34,36-38,59-60H2,1-7H3,(H,62,72)(H,63,73)(H,64,70)(H,65,71);2*(H,6,7)/t44-,45+,47+,48-,51+,52+,53+;;/m1../s1. The smallest absolute Gasteiger partial charge is 0.475 e. The molecule has 1 fully saturated rings. The van der Waals surface area contributed by atoms with Crippen LogP contribution in [0.25, 0.3) is 0 Å². The minimum absolute atomic E-state index is 0.0155. The van der Waals surface area contributed by atoms with Crippen LogP contribution in [0.3, 0.4) is 0 Å². The highest BCUT2D eigenvalue weighted by molar-refractivity contribution is 5.83. The Balaban J connectivity index is 0.00000132. The number of carbonyl (C=O) groups is 8. The van der Waals surface area contributed by atoms with Gasteiger partial charge in [-0.15, -0.1) is 0 Å². The number of hydrogen-bond acceptors (Lipinski definition) is 15. The molecule has 10 N–H and O–H groups in total. The number of carboxylic acid groups (broad SMARTS) is 2. The van der Waals surface area contributed by atoms with Gasteiger partial charge < -0.3 is 52.4 Å². The number of piperazine rings is 1. The van der Waals surface area contributed by atoms with Crippen LogP contribution in [0.15, 0.2) is 79.1 Å². The first-order chi connectivity index (χ1) is 41.7. The quantitative estimate of drug-likeness (QED) is 0.0207. The molecule has 27 heteroatoms. The largest absolute Gasteiger partial charge is 0.490 e. The van der Waals surface area contributed by atoms with E-state index in [-0.39, 0.29) is 67.2 Å². The van der Waals surface area contributed by atoms with Crippen molar-refractivity contribution in [2.75, 3.05) is 39.3 Å². The summed E-state index contributed by atoms with van der Waals surface area (Å²) in [7, 11) is 0. The summed E-state index contributed by atoms with van der Waals surface area (Å²) >= 11 is 0. The van der Waals surface area contributed by atoms with E-state index in [1.54, 1.807) is 6.20 Å². The predicted molar refractivity (Wildman–Crippen MR) is 318 cm³/mol. The average molecular weight is 1270 g/mol. The molecular formula is C62H89F6N9O12. The van der Waals surface area contributed by atoms with E-state index in [1.807, 2.05) is 121 Å². The monoisotopic (exact) mass is 1270 g/mol. The topological polar surface area (TPSA) is 315 Å². The number of unbranched alkanes of at least 4 members (excludes halogenated alkanes) is 4. The van der Waals surface area contributed by atoms with Gasteiger partial charge in [-0.05, 0) is 99.5 Å². The molecule has 3 aromatic rings. The minimum Gasteiger partial charge on any atom is -0.475 e. The molecule has 0 radical (unpaired) electrons. The Morgan fingerprint density at radius 2 is 1.21 bits per heavy atom. The second kappa shape index (κ2) is 37.1. The van der Waals surface area contributed by atoms with Crippen molar-refractivity contribution in [3.8, 4) is 0 Å². The Labute approximate surface area is 516 Å². The molecule has 1 aromatic heterocycles. The lowest BCUT2D eigenvalue weighted by Gasteiger charge is -2.42. The summed E-state index contributed by atoms with van der Waals surface area (Å²) in [4.78, 5) is 108. The van der Waals surface area contributed by atoms with Crippen molar-refractivity contribution >= 4 is 47.5 Å². The number of esters is 2. The number of nitrogens with two attached hydrogens (primary N) is 2. The summed E-state index contributed by atoms with van der Waals surface area (Å²) < 4.78 is 76.1. The van der Waals surface area contributed by atoms with Gasteiger partial charge in [0.15, 0.2) is 0 Å². The maximum atomic E-state index is 15.0. The Hall–Kier alpha value is -7.23. The van der Waals surface area contributed by atoms with Gasteiger partial charge in [0.25, 0.3) is 0 Å². The molecule has 2 heterocycles. The lowest BCUT2D eigenvalue weighted by molar-refractivity contribution is -0.193. The summed E-state index contributed by atoms with van der Waals surface area (Å²) in [5.41, 5.74) is 15.3. The number of benzene rings is 2. The third-order valence-corrected chi connectivity index (χ3v) is 14.5. The fourth-order valence-electron chi connectivity index (χ4n) is 9.60. The fraction of sp³-hybridized carbons (Fsp3) is 0.597. The van der Waals surface area contributed by atoms with Crippen molar-refractivity contribution in [1.29, 1.82) is 0 Å². The van der Waals surface area contributed by atoms with Crippen LogP contribution in [0, 0.1) is 17.8 Å². The first kappa shape index (κ1) is 76.0. The number of amides is 4. The number of ether oxygens (including phenoxy) is 2. The number of hydrogen-bond donors (Lipinski definition) is 8. The van der Waals surface area contributed by atoms with Crippen LogP contribution in [-0.4, -0.2) is 160 Å². The second-order valence-electron chi connectivity index (χ2n) is 23.8. The van der Waals surface area contributed by atoms with Crippen LogP contribution in [0.5, 0.6) is 0 Å². The maximum absolute atomic E-state index is 15.0. The number of halogens is 6. The lowest BCUT2D eigenvalue weighted by atomic mass is 9.91. The van der Waals surface area contributed by atoms with Crippen LogP contribution in [0.4, 0.5) is 26.3 Å². The number of nitrogens with one attached hydrogen (secondary N) is 4. The van der Waals surface area contributed by atoms with E-state index < -0.39 is 78.1 Å². The Kier molecular flexibility index (Phi) is 31.7. The van der Waals surface area contributed by atoms with Gasteiger partial charge in [0.05, 0.1) is 18.1 Å². The highest BCUT2D eigenvalue weighted by Crippen LogP contribution is 2.35. The molecule has 7 atom stereocenters. The number of fused-ring (bicyclic) bond motifs is 1. The maximum Gasteiger partial charge on any atom is 0.490 e. The molecule has 0 saturated carbocycles. The molecule has 89 heavy (non-hydrogen) atoms. The fourth-order valence-corrected chi connectivity index (χ4v) is 9.60. The molecule has 0 spiro atoms. The number of aromatic nitrogens is 1. The molecule has 1 aliphatic heterocycles. The number of alkyl halides is 6. The van der Waals surface area contributed by atoms with E-state index in [4.69, 9.17) is 40.7 Å². The molecule has 4 amide bonds. The molecule has 0 unspecified atom stereocenters. The number of nitrogens with zero attached hydrogens (tertiary/aromatic N) is 3. The first-order valence-corrected chi connectivity index (χ1v) is 29.8. The zero-order chi connectivity index (χ0) is 66.6. The Morgan fingerprint density at radius 3 is 1.73 bits per heavy atom. The van der Waals surface area contributed by atoms with Gasteiger partial charge in [0, 0.05) is 88.9 Å². The highest BCUT2D eigenvalue weighted by Gasteiger charge is 2.41. The first-order valence-electron chi connectivity index (χ1n) is 29.8. The SMILES string of the molecule is CC(C)[C@H](N)C(=O)NCCCCCC(=O)O[C@@H](C[C@@H](Cc1ccccc1)C(=O)N[C@H]1c2ccccc2C[C@H]1OC(=O)CCCCCNC(=O)[C@@H](N)C(C)C)CN1CCN(Cc2cccnc2)C[C@H]1C(=O)NC(C)(C)C.O=C(O)C(F)(F)F.O=C(O)C(F)(F)F. The van der Waals surface area contributed by atoms with Crippen molar-refractivity contribution < 1.29 is 84.4 Å². The normalized spacial score (nSPS) is 17.4. The number of carbonyl (C=O) groups excluding carboxylic acids is 6. The minimum atomic E-state index is -5.08. The number of rotatable bonds is 29. The van der Waals surface area contributed by atoms with Crippen LogP contribution in [0.2, 0.25) is 0 Å². The molecule has 2 aliphatic rings. The molecule has 2 aromatic carbocycles. The van der Waals surface area contributed by atoms with E-state index in [0.29, 0.717) is 90.6 Å². The van der Waals surface area contributed by atoms with Crippen molar-refractivity contribution in [3.05, 3.63) is 101 Å². The number of aliphatic carboxylic acids is 2. The van der Waals surface area contributed by atoms with Crippen LogP contribution in [-0.2, 0) is 67.2 Å². The third kappa shape index (κ3) is 28.9. The molecule has 5 rings (SSSR count). The molecule has 0 bridgehead atoms. The summed E-state index contributed by atoms with van der Waals surface area (Å²) in [5, 5.41) is 26.5. The summed E-state index contributed by atoms with van der Waals surface area (Å²) in [6.45, 7) is 16.8.